The molecule has 2 heterocycles. The molecule has 160 valence electrons. The van der Waals surface area contributed by atoms with Crippen molar-refractivity contribution < 1.29 is 24.2 Å². The molecule has 0 bridgehead atoms. The van der Waals surface area contributed by atoms with Gasteiger partial charge in [0.2, 0.25) is 5.91 Å². The molecular weight excluding hydrogens is 386 g/mol. The number of amides is 2. The Morgan fingerprint density at radius 2 is 2.03 bits per heavy atom. The highest BCUT2D eigenvalue weighted by Gasteiger charge is 2.27. The van der Waals surface area contributed by atoms with Crippen LogP contribution in [0.1, 0.15) is 45.8 Å². The van der Waals surface area contributed by atoms with Gasteiger partial charge in [-0.05, 0) is 49.9 Å². The average Bonchev–Trinajstić information content (AvgIpc) is 2.65. The first-order valence-electron chi connectivity index (χ1n) is 9.94. The summed E-state index contributed by atoms with van der Waals surface area (Å²) in [5.41, 5.74) is 2.73. The number of fused-ring (bicyclic) bond motifs is 3. The number of aromatic nitrogens is 1. The lowest BCUT2D eigenvalue weighted by molar-refractivity contribution is -0.114. The minimum atomic E-state index is -1.02. The van der Waals surface area contributed by atoms with Gasteiger partial charge in [0.1, 0.15) is 23.4 Å². The molecule has 30 heavy (non-hydrogen) atoms. The van der Waals surface area contributed by atoms with E-state index in [9.17, 15) is 9.59 Å². The largest absolute Gasteiger partial charge is 0.493 e. The number of benzene rings is 1. The number of pyridine rings is 1. The van der Waals surface area contributed by atoms with Gasteiger partial charge in [0.25, 0.3) is 0 Å². The third kappa shape index (κ3) is 5.00. The van der Waals surface area contributed by atoms with Crippen LogP contribution in [0.3, 0.4) is 0 Å². The van der Waals surface area contributed by atoms with E-state index in [4.69, 9.17) is 14.6 Å². The Bertz CT molecular complexity index is 946. The number of hydrogen-bond acceptors (Lipinski definition) is 5. The summed E-state index contributed by atoms with van der Waals surface area (Å²) in [5.74, 6) is 1.90. The maximum absolute atomic E-state index is 11.5. The Labute approximate surface area is 175 Å². The molecule has 1 aromatic carbocycles. The lowest BCUT2D eigenvalue weighted by Gasteiger charge is -2.28. The van der Waals surface area contributed by atoms with Crippen LogP contribution in [0.5, 0.6) is 11.5 Å². The van der Waals surface area contributed by atoms with Crippen LogP contribution in [0, 0.1) is 5.92 Å². The summed E-state index contributed by atoms with van der Waals surface area (Å²) in [6.07, 6.45) is 1.05. The maximum atomic E-state index is 11.5. The van der Waals surface area contributed by atoms with Crippen molar-refractivity contribution in [3.05, 3.63) is 36.0 Å². The Kier molecular flexibility index (Phi) is 6.44. The molecule has 0 radical (unpaired) electrons. The molecular formula is C22H27N3O5. The SMILES string of the molecule is CC(=O)Nc1nccc2c1C(C)Oc1cc(OCC(C)C[C@H](C)NC(=O)O)ccc1-2. The van der Waals surface area contributed by atoms with Gasteiger partial charge in [-0.2, -0.15) is 0 Å². The van der Waals surface area contributed by atoms with E-state index in [1.54, 1.807) is 6.20 Å². The second kappa shape index (κ2) is 9.02. The van der Waals surface area contributed by atoms with Crippen LogP contribution in [0.15, 0.2) is 30.5 Å². The normalized spacial score (nSPS) is 16.3. The molecule has 0 fully saturated rings. The number of hydrogen-bond donors (Lipinski definition) is 3. The Morgan fingerprint density at radius 1 is 1.27 bits per heavy atom. The zero-order chi connectivity index (χ0) is 21.8. The molecule has 3 atom stereocenters. The maximum Gasteiger partial charge on any atom is 0.404 e. The molecule has 0 saturated carbocycles. The molecule has 3 rings (SSSR count). The molecule has 0 saturated heterocycles. The topological polar surface area (TPSA) is 110 Å². The summed E-state index contributed by atoms with van der Waals surface area (Å²) < 4.78 is 12.0. The number of rotatable bonds is 7. The van der Waals surface area contributed by atoms with E-state index in [2.05, 4.69) is 15.6 Å². The van der Waals surface area contributed by atoms with Crippen LogP contribution >= 0.6 is 0 Å². The fourth-order valence-corrected chi connectivity index (χ4v) is 3.73. The average molecular weight is 413 g/mol. The fraction of sp³-hybridized carbons (Fsp3) is 0.409. The summed E-state index contributed by atoms with van der Waals surface area (Å²) in [5, 5.41) is 14.0. The molecule has 1 aromatic heterocycles. The van der Waals surface area contributed by atoms with Crippen molar-refractivity contribution in [2.45, 2.75) is 46.3 Å². The summed E-state index contributed by atoms with van der Waals surface area (Å²) >= 11 is 0. The first-order valence-corrected chi connectivity index (χ1v) is 9.94. The molecule has 8 nitrogen and oxygen atoms in total. The van der Waals surface area contributed by atoms with E-state index in [1.165, 1.54) is 6.92 Å². The Balaban J connectivity index is 1.74. The number of anilines is 1. The zero-order valence-electron chi connectivity index (χ0n) is 17.6. The van der Waals surface area contributed by atoms with Crippen molar-refractivity contribution in [3.8, 4) is 22.6 Å². The fourth-order valence-electron chi connectivity index (χ4n) is 3.73. The smallest absolute Gasteiger partial charge is 0.404 e. The molecule has 0 aliphatic carbocycles. The summed E-state index contributed by atoms with van der Waals surface area (Å²) in [6, 6.07) is 7.45. The van der Waals surface area contributed by atoms with Crippen molar-refractivity contribution in [1.29, 1.82) is 0 Å². The molecule has 2 unspecified atom stereocenters. The second-order valence-electron chi connectivity index (χ2n) is 7.72. The van der Waals surface area contributed by atoms with Crippen LogP contribution in [0.2, 0.25) is 0 Å². The highest BCUT2D eigenvalue weighted by molar-refractivity contribution is 5.91. The van der Waals surface area contributed by atoms with Gasteiger partial charge >= 0.3 is 6.09 Å². The number of carboxylic acid groups (broad SMARTS) is 1. The van der Waals surface area contributed by atoms with E-state index in [1.807, 2.05) is 45.0 Å². The lowest BCUT2D eigenvalue weighted by atomic mass is 9.94. The third-order valence-corrected chi connectivity index (χ3v) is 4.90. The van der Waals surface area contributed by atoms with Crippen LogP contribution in [-0.2, 0) is 4.79 Å². The molecule has 0 spiro atoms. The minimum absolute atomic E-state index is 0.142. The third-order valence-electron chi connectivity index (χ3n) is 4.90. The number of nitrogens with one attached hydrogen (secondary N) is 2. The standard InChI is InChI=1S/C22H27N3O5/c1-12(9-13(2)24-22(27)28)11-29-16-5-6-17-18-7-8-23-21(25-15(4)26)20(18)14(3)30-19(17)10-16/h5-8,10,12-14,24H,9,11H2,1-4H3,(H,27,28)(H,23,25,26)/t12?,13-,14?/m0/s1. The van der Waals surface area contributed by atoms with Gasteiger partial charge in [0.05, 0.1) is 6.61 Å². The number of carbonyl (C=O) groups excluding carboxylic acids is 1. The van der Waals surface area contributed by atoms with Crippen LogP contribution in [0.25, 0.3) is 11.1 Å². The van der Waals surface area contributed by atoms with Gasteiger partial charge < -0.3 is 25.2 Å². The van der Waals surface area contributed by atoms with Gasteiger partial charge in [-0.1, -0.05) is 6.92 Å². The van der Waals surface area contributed by atoms with E-state index in [-0.39, 0.29) is 24.0 Å². The number of nitrogens with zero attached hydrogens (tertiary/aromatic N) is 1. The highest BCUT2D eigenvalue weighted by Crippen LogP contribution is 2.45. The van der Waals surface area contributed by atoms with Crippen molar-refractivity contribution in [2.75, 3.05) is 11.9 Å². The quantitative estimate of drug-likeness (QED) is 0.627. The van der Waals surface area contributed by atoms with Crippen molar-refractivity contribution in [1.82, 2.24) is 10.3 Å². The van der Waals surface area contributed by atoms with E-state index in [0.717, 1.165) is 16.7 Å². The first-order chi connectivity index (χ1) is 14.2. The predicted molar refractivity (Wildman–Crippen MR) is 113 cm³/mol. The van der Waals surface area contributed by atoms with Crippen LogP contribution < -0.4 is 20.1 Å². The summed E-state index contributed by atoms with van der Waals surface area (Å²) in [7, 11) is 0. The van der Waals surface area contributed by atoms with E-state index < -0.39 is 6.09 Å². The molecule has 3 N–H and O–H groups in total. The summed E-state index contributed by atoms with van der Waals surface area (Å²) in [4.78, 5) is 26.5. The summed E-state index contributed by atoms with van der Waals surface area (Å²) in [6.45, 7) is 7.69. The highest BCUT2D eigenvalue weighted by atomic mass is 16.5. The van der Waals surface area contributed by atoms with Gasteiger partial charge in [0.15, 0.2) is 0 Å². The first kappa shape index (κ1) is 21.4. The van der Waals surface area contributed by atoms with Gasteiger partial charge in [-0.25, -0.2) is 9.78 Å². The minimum Gasteiger partial charge on any atom is -0.493 e. The second-order valence-corrected chi connectivity index (χ2v) is 7.72. The molecule has 2 amide bonds. The molecule has 2 aromatic rings. The van der Waals surface area contributed by atoms with Crippen molar-refractivity contribution >= 4 is 17.8 Å². The molecule has 1 aliphatic heterocycles. The van der Waals surface area contributed by atoms with Gasteiger partial charge in [-0.3, -0.25) is 4.79 Å². The van der Waals surface area contributed by atoms with Crippen LogP contribution in [-0.4, -0.2) is 34.7 Å². The van der Waals surface area contributed by atoms with Crippen LogP contribution in [0.4, 0.5) is 10.6 Å². The van der Waals surface area contributed by atoms with E-state index in [0.29, 0.717) is 30.3 Å². The Morgan fingerprint density at radius 3 is 2.73 bits per heavy atom. The zero-order valence-corrected chi connectivity index (χ0v) is 17.6. The van der Waals surface area contributed by atoms with Gasteiger partial charge in [0, 0.05) is 36.4 Å². The van der Waals surface area contributed by atoms with Crippen molar-refractivity contribution in [2.24, 2.45) is 5.92 Å². The number of ether oxygens (including phenoxy) is 2. The Hall–Kier alpha value is -3.29. The van der Waals surface area contributed by atoms with Crippen molar-refractivity contribution in [3.63, 3.8) is 0 Å². The predicted octanol–water partition coefficient (Wildman–Crippen LogP) is 4.22. The monoisotopic (exact) mass is 413 g/mol. The molecule has 8 heteroatoms. The lowest BCUT2D eigenvalue weighted by Crippen LogP contribution is -2.33. The number of carbonyl (C=O) groups is 2. The molecule has 1 aliphatic rings. The van der Waals surface area contributed by atoms with E-state index >= 15 is 0 Å². The van der Waals surface area contributed by atoms with Gasteiger partial charge in [-0.15, -0.1) is 0 Å².